The van der Waals surface area contributed by atoms with Gasteiger partial charge in [-0.1, -0.05) is 25.1 Å². The number of guanidine groups is 1. The van der Waals surface area contributed by atoms with E-state index in [-0.39, 0.29) is 24.0 Å². The van der Waals surface area contributed by atoms with Crippen molar-refractivity contribution in [2.45, 2.75) is 32.2 Å². The summed E-state index contributed by atoms with van der Waals surface area (Å²) in [5, 5.41) is 7.10. The molecule has 0 aromatic heterocycles. The van der Waals surface area contributed by atoms with Gasteiger partial charge in [0.15, 0.2) is 5.96 Å². The van der Waals surface area contributed by atoms with Gasteiger partial charge in [-0.15, -0.1) is 24.0 Å². The number of hydrogen-bond donors (Lipinski definition) is 2. The maximum atomic E-state index is 4.41. The molecule has 0 bridgehead atoms. The Labute approximate surface area is 194 Å². The summed E-state index contributed by atoms with van der Waals surface area (Å²) in [5.74, 6) is 0.941. The maximum absolute atomic E-state index is 4.41. The Morgan fingerprint density at radius 3 is 2.45 bits per heavy atom. The van der Waals surface area contributed by atoms with E-state index in [2.05, 4.69) is 67.6 Å². The van der Waals surface area contributed by atoms with Gasteiger partial charge in [-0.2, -0.15) is 0 Å². The molecule has 2 aliphatic heterocycles. The van der Waals surface area contributed by atoms with Crippen molar-refractivity contribution in [2.24, 2.45) is 4.99 Å². The van der Waals surface area contributed by atoms with Gasteiger partial charge in [0.2, 0.25) is 0 Å². The van der Waals surface area contributed by atoms with Crippen molar-refractivity contribution in [1.29, 1.82) is 0 Å². The summed E-state index contributed by atoms with van der Waals surface area (Å²) < 4.78 is 0. The number of aliphatic imine (C=N–C) groups is 1. The molecule has 1 unspecified atom stereocenters. The highest BCUT2D eigenvalue weighted by atomic mass is 127. The Morgan fingerprint density at radius 1 is 1.03 bits per heavy atom. The van der Waals surface area contributed by atoms with Crippen LogP contribution >= 0.6 is 24.0 Å². The Bertz CT molecular complexity index is 588. The number of benzene rings is 1. The van der Waals surface area contributed by atoms with Crippen LogP contribution in [-0.2, 0) is 0 Å². The molecule has 1 atom stereocenters. The average molecular weight is 515 g/mol. The van der Waals surface area contributed by atoms with Gasteiger partial charge >= 0.3 is 0 Å². The highest BCUT2D eigenvalue weighted by Gasteiger charge is 2.23. The van der Waals surface area contributed by atoms with E-state index >= 15 is 0 Å². The van der Waals surface area contributed by atoms with Crippen LogP contribution in [0.1, 0.15) is 26.2 Å². The highest BCUT2D eigenvalue weighted by molar-refractivity contribution is 14.0. The van der Waals surface area contributed by atoms with E-state index in [0.717, 1.165) is 32.0 Å². The zero-order chi connectivity index (χ0) is 19.6. The summed E-state index contributed by atoms with van der Waals surface area (Å²) in [6, 6.07) is 11.1. The summed E-state index contributed by atoms with van der Waals surface area (Å²) in [4.78, 5) is 12.0. The SMILES string of the molecule is CCN1CCN(CCCCNC(=NC)NC2CCN(c3ccccc3)C2)CC1.I. The first-order valence-electron chi connectivity index (χ1n) is 11.0. The number of hydrogen-bond acceptors (Lipinski definition) is 4. The van der Waals surface area contributed by atoms with Crippen molar-refractivity contribution in [3.8, 4) is 0 Å². The number of halogens is 1. The number of piperazine rings is 1. The molecule has 0 saturated carbocycles. The highest BCUT2D eigenvalue weighted by Crippen LogP contribution is 2.19. The van der Waals surface area contributed by atoms with Gasteiger partial charge in [0.25, 0.3) is 0 Å². The normalized spacial score (nSPS) is 21.1. The lowest BCUT2D eigenvalue weighted by atomic mass is 10.2. The Balaban J connectivity index is 0.00000300. The lowest BCUT2D eigenvalue weighted by Gasteiger charge is -2.34. The number of nitrogens with zero attached hydrogens (tertiary/aromatic N) is 4. The van der Waals surface area contributed by atoms with E-state index in [4.69, 9.17) is 0 Å². The van der Waals surface area contributed by atoms with Gasteiger partial charge in [-0.25, -0.2) is 0 Å². The Kier molecular flexibility index (Phi) is 11.1. The van der Waals surface area contributed by atoms with E-state index < -0.39 is 0 Å². The minimum Gasteiger partial charge on any atom is -0.369 e. The van der Waals surface area contributed by atoms with Crippen LogP contribution in [0, 0.1) is 0 Å². The molecule has 0 radical (unpaired) electrons. The Hall–Kier alpha value is -1.06. The topological polar surface area (TPSA) is 46.1 Å². The zero-order valence-corrected chi connectivity index (χ0v) is 20.5. The molecule has 29 heavy (non-hydrogen) atoms. The third-order valence-corrected chi connectivity index (χ3v) is 5.98. The molecule has 0 spiro atoms. The maximum Gasteiger partial charge on any atom is 0.191 e. The van der Waals surface area contributed by atoms with Crippen molar-refractivity contribution < 1.29 is 0 Å². The standard InChI is InChI=1S/C22H38N6.HI/c1-3-26-15-17-27(18-16-26)13-8-7-12-24-22(23-2)25-20-11-14-28(19-20)21-9-5-4-6-10-21;/h4-6,9-10,20H,3,7-8,11-19H2,1-2H3,(H2,23,24,25);1H. The molecule has 1 aromatic rings. The molecule has 164 valence electrons. The van der Waals surface area contributed by atoms with Crippen LogP contribution in [0.2, 0.25) is 0 Å². The third kappa shape index (κ3) is 7.94. The monoisotopic (exact) mass is 514 g/mol. The molecule has 2 saturated heterocycles. The third-order valence-electron chi connectivity index (χ3n) is 5.98. The minimum absolute atomic E-state index is 0. The predicted molar refractivity (Wildman–Crippen MR) is 135 cm³/mol. The van der Waals surface area contributed by atoms with Crippen LogP contribution in [0.25, 0.3) is 0 Å². The predicted octanol–water partition coefficient (Wildman–Crippen LogP) is 2.47. The van der Waals surface area contributed by atoms with Gasteiger partial charge in [0.05, 0.1) is 0 Å². The molecule has 6 nitrogen and oxygen atoms in total. The second-order valence-electron chi connectivity index (χ2n) is 7.89. The fourth-order valence-corrected chi connectivity index (χ4v) is 4.14. The number of rotatable bonds is 8. The van der Waals surface area contributed by atoms with Gasteiger partial charge in [0.1, 0.15) is 0 Å². The van der Waals surface area contributed by atoms with E-state index in [0.29, 0.717) is 6.04 Å². The first kappa shape index (κ1) is 24.2. The summed E-state index contributed by atoms with van der Waals surface area (Å²) in [5.41, 5.74) is 1.31. The van der Waals surface area contributed by atoms with Crippen LogP contribution in [-0.4, -0.2) is 87.8 Å². The number of anilines is 1. The quantitative estimate of drug-likeness (QED) is 0.242. The lowest BCUT2D eigenvalue weighted by Crippen LogP contribution is -2.46. The number of likely N-dealkylation sites (N-methyl/N-ethyl adjacent to an activating group) is 1. The molecule has 1 aromatic carbocycles. The van der Waals surface area contributed by atoms with Crippen molar-refractivity contribution in [3.05, 3.63) is 30.3 Å². The van der Waals surface area contributed by atoms with Gasteiger partial charge in [-0.05, 0) is 44.5 Å². The number of unbranched alkanes of at least 4 members (excludes halogenated alkanes) is 1. The molecular weight excluding hydrogens is 475 g/mol. The van der Waals surface area contributed by atoms with Crippen LogP contribution < -0.4 is 15.5 Å². The lowest BCUT2D eigenvalue weighted by molar-refractivity contribution is 0.136. The average Bonchev–Trinajstić information content (AvgIpc) is 3.22. The second-order valence-corrected chi connectivity index (χ2v) is 7.89. The van der Waals surface area contributed by atoms with Crippen molar-refractivity contribution >= 4 is 35.6 Å². The van der Waals surface area contributed by atoms with Crippen molar-refractivity contribution in [2.75, 3.05) is 70.9 Å². The van der Waals surface area contributed by atoms with Crippen LogP contribution in [0.4, 0.5) is 5.69 Å². The molecule has 3 rings (SSSR count). The van der Waals surface area contributed by atoms with E-state index in [1.807, 2.05) is 7.05 Å². The number of para-hydroxylation sites is 1. The molecule has 2 heterocycles. The van der Waals surface area contributed by atoms with Gasteiger partial charge in [0, 0.05) is 64.6 Å². The summed E-state index contributed by atoms with van der Waals surface area (Å²) in [7, 11) is 1.87. The van der Waals surface area contributed by atoms with Crippen LogP contribution in [0.15, 0.2) is 35.3 Å². The van der Waals surface area contributed by atoms with Crippen LogP contribution in [0.3, 0.4) is 0 Å². The fourth-order valence-electron chi connectivity index (χ4n) is 4.14. The summed E-state index contributed by atoms with van der Waals surface area (Å²) in [6.45, 7) is 12.7. The van der Waals surface area contributed by atoms with Crippen molar-refractivity contribution in [1.82, 2.24) is 20.4 Å². The zero-order valence-electron chi connectivity index (χ0n) is 18.1. The fraction of sp³-hybridized carbons (Fsp3) is 0.682. The summed E-state index contributed by atoms with van der Waals surface area (Å²) in [6.07, 6.45) is 3.59. The largest absolute Gasteiger partial charge is 0.369 e. The van der Waals surface area contributed by atoms with Crippen LogP contribution in [0.5, 0.6) is 0 Å². The van der Waals surface area contributed by atoms with Crippen molar-refractivity contribution in [3.63, 3.8) is 0 Å². The smallest absolute Gasteiger partial charge is 0.191 e. The van der Waals surface area contributed by atoms with Gasteiger partial charge in [-0.3, -0.25) is 4.99 Å². The molecule has 7 heteroatoms. The first-order valence-corrected chi connectivity index (χ1v) is 11.0. The molecule has 2 N–H and O–H groups in total. The minimum atomic E-state index is 0. The first-order chi connectivity index (χ1) is 13.8. The van der Waals surface area contributed by atoms with E-state index in [9.17, 15) is 0 Å². The van der Waals surface area contributed by atoms with E-state index in [1.165, 1.54) is 57.8 Å². The molecule has 2 fully saturated rings. The molecule has 0 aliphatic carbocycles. The van der Waals surface area contributed by atoms with Gasteiger partial charge < -0.3 is 25.3 Å². The second kappa shape index (κ2) is 13.3. The molecule has 0 amide bonds. The molecule has 2 aliphatic rings. The summed E-state index contributed by atoms with van der Waals surface area (Å²) >= 11 is 0. The van der Waals surface area contributed by atoms with E-state index in [1.54, 1.807) is 0 Å². The molecular formula is C22H39IN6. The Morgan fingerprint density at radius 2 is 1.76 bits per heavy atom. The number of nitrogens with one attached hydrogen (secondary N) is 2.